The van der Waals surface area contributed by atoms with E-state index in [1.54, 1.807) is 0 Å². The molecule has 2 unspecified atom stereocenters. The Bertz CT molecular complexity index is 314. The van der Waals surface area contributed by atoms with Crippen LogP contribution < -0.4 is 0 Å². The van der Waals surface area contributed by atoms with Gasteiger partial charge in [-0.05, 0) is 6.92 Å². The largest absolute Gasteiger partial charge is 0.481 e. The second-order valence-electron chi connectivity index (χ2n) is 2.88. The highest BCUT2D eigenvalue weighted by Crippen LogP contribution is 2.40. The van der Waals surface area contributed by atoms with Crippen LogP contribution >= 0.6 is 0 Å². The Kier molecular flexibility index (Phi) is 2.89. The van der Waals surface area contributed by atoms with Gasteiger partial charge >= 0.3 is 17.7 Å². The number of carboxylic acid groups (broad SMARTS) is 1. The molecule has 1 rings (SSSR count). The SMILES string of the molecule is CCOC(=O)C1([N+](=O)[O-])OC1CC(=O)O. The zero-order valence-corrected chi connectivity index (χ0v) is 7.84. The van der Waals surface area contributed by atoms with Gasteiger partial charge < -0.3 is 9.84 Å². The Morgan fingerprint density at radius 2 is 2.27 bits per heavy atom. The third kappa shape index (κ3) is 1.89. The number of carbonyl (C=O) groups excluding carboxylic acids is 1. The zero-order chi connectivity index (χ0) is 11.6. The first-order chi connectivity index (χ1) is 6.95. The Balaban J connectivity index is 2.73. The van der Waals surface area contributed by atoms with Crippen LogP contribution in [-0.2, 0) is 19.1 Å². The number of ether oxygens (including phenoxy) is 2. The van der Waals surface area contributed by atoms with Gasteiger partial charge in [0.25, 0.3) is 0 Å². The Labute approximate surface area is 83.9 Å². The van der Waals surface area contributed by atoms with Gasteiger partial charge in [-0.3, -0.25) is 19.6 Å². The van der Waals surface area contributed by atoms with Crippen LogP contribution in [0.3, 0.4) is 0 Å². The molecule has 1 N–H and O–H groups in total. The van der Waals surface area contributed by atoms with Gasteiger partial charge in [0.15, 0.2) is 6.10 Å². The fourth-order valence-electron chi connectivity index (χ4n) is 1.17. The van der Waals surface area contributed by atoms with Gasteiger partial charge in [-0.15, -0.1) is 0 Å². The first-order valence-corrected chi connectivity index (χ1v) is 4.16. The van der Waals surface area contributed by atoms with Crippen molar-refractivity contribution in [3.63, 3.8) is 0 Å². The van der Waals surface area contributed by atoms with Crippen LogP contribution in [0.5, 0.6) is 0 Å². The molecular weight excluding hydrogens is 210 g/mol. The predicted molar refractivity (Wildman–Crippen MR) is 43.5 cm³/mol. The minimum atomic E-state index is -2.31. The lowest BCUT2D eigenvalue weighted by Gasteiger charge is -2.02. The summed E-state index contributed by atoms with van der Waals surface area (Å²) in [4.78, 5) is 31.1. The van der Waals surface area contributed by atoms with E-state index in [9.17, 15) is 19.7 Å². The van der Waals surface area contributed by atoms with E-state index in [1.165, 1.54) is 6.92 Å². The molecule has 1 aliphatic heterocycles. The number of hydrogen-bond acceptors (Lipinski definition) is 6. The lowest BCUT2D eigenvalue weighted by atomic mass is 10.2. The molecule has 0 bridgehead atoms. The summed E-state index contributed by atoms with van der Waals surface area (Å²) in [5.74, 6) is -2.42. The molecule has 1 fully saturated rings. The van der Waals surface area contributed by atoms with Crippen molar-refractivity contribution in [1.29, 1.82) is 0 Å². The van der Waals surface area contributed by atoms with Gasteiger partial charge in [0.2, 0.25) is 0 Å². The maximum Gasteiger partial charge on any atom is 0.449 e. The maximum atomic E-state index is 11.2. The molecule has 15 heavy (non-hydrogen) atoms. The summed E-state index contributed by atoms with van der Waals surface area (Å²) in [6.07, 6.45) is -1.84. The smallest absolute Gasteiger partial charge is 0.449 e. The first kappa shape index (κ1) is 11.4. The van der Waals surface area contributed by atoms with Crippen molar-refractivity contribution in [2.75, 3.05) is 6.61 Å². The quantitative estimate of drug-likeness (QED) is 0.283. The maximum absolute atomic E-state index is 11.2. The normalized spacial score (nSPS) is 28.2. The third-order valence-corrected chi connectivity index (χ3v) is 1.90. The molecule has 0 aromatic carbocycles. The molecule has 0 aromatic rings. The van der Waals surface area contributed by atoms with Crippen LogP contribution in [0.4, 0.5) is 0 Å². The second-order valence-corrected chi connectivity index (χ2v) is 2.88. The summed E-state index contributed by atoms with van der Waals surface area (Å²) in [6, 6.07) is 0. The number of esters is 1. The van der Waals surface area contributed by atoms with Crippen LogP contribution in [0.15, 0.2) is 0 Å². The van der Waals surface area contributed by atoms with E-state index in [0.29, 0.717) is 0 Å². The van der Waals surface area contributed by atoms with E-state index in [4.69, 9.17) is 5.11 Å². The van der Waals surface area contributed by atoms with Crippen LogP contribution in [0, 0.1) is 10.1 Å². The number of carboxylic acids is 1. The fraction of sp³-hybridized carbons (Fsp3) is 0.714. The predicted octanol–water partition coefficient (Wildman–Crippen LogP) is -0.604. The highest BCUT2D eigenvalue weighted by molar-refractivity contribution is 5.82. The van der Waals surface area contributed by atoms with Crippen molar-refractivity contribution in [1.82, 2.24) is 0 Å². The number of nitrogens with zero attached hydrogens (tertiary/aromatic N) is 1. The van der Waals surface area contributed by atoms with Crippen LogP contribution in [0.2, 0.25) is 0 Å². The van der Waals surface area contributed by atoms with Gasteiger partial charge in [0.1, 0.15) is 0 Å². The molecular formula is C7H9NO7. The molecule has 8 nitrogen and oxygen atoms in total. The number of hydrogen-bond donors (Lipinski definition) is 1. The average Bonchev–Trinajstić information content (AvgIpc) is 2.79. The molecule has 84 valence electrons. The molecule has 0 spiro atoms. The fourth-order valence-corrected chi connectivity index (χ4v) is 1.17. The highest BCUT2D eigenvalue weighted by atomic mass is 16.8. The van der Waals surface area contributed by atoms with Gasteiger partial charge in [0.05, 0.1) is 18.0 Å². The minimum absolute atomic E-state index is 0.0302. The third-order valence-electron chi connectivity index (χ3n) is 1.90. The van der Waals surface area contributed by atoms with Gasteiger partial charge in [-0.1, -0.05) is 0 Å². The summed E-state index contributed by atoms with van der Waals surface area (Å²) in [7, 11) is 0. The minimum Gasteiger partial charge on any atom is -0.481 e. The molecule has 0 amide bonds. The summed E-state index contributed by atoms with van der Waals surface area (Å²) in [6.45, 7) is 1.46. The standard InChI is InChI=1S/C7H9NO7/c1-2-14-6(11)7(8(12)13)4(15-7)3-5(9)10/h4H,2-3H2,1H3,(H,9,10). The summed E-state index contributed by atoms with van der Waals surface area (Å²) in [5, 5.41) is 19.0. The van der Waals surface area contributed by atoms with Crippen molar-refractivity contribution in [3.05, 3.63) is 10.1 Å². The molecule has 1 heterocycles. The average molecular weight is 219 g/mol. The van der Waals surface area contributed by atoms with Crippen LogP contribution in [-0.4, -0.2) is 40.4 Å². The zero-order valence-electron chi connectivity index (χ0n) is 7.84. The van der Waals surface area contributed by atoms with Crippen LogP contribution in [0.1, 0.15) is 13.3 Å². The second kappa shape index (κ2) is 3.81. The lowest BCUT2D eigenvalue weighted by Crippen LogP contribution is -2.38. The lowest BCUT2D eigenvalue weighted by molar-refractivity contribution is -0.549. The van der Waals surface area contributed by atoms with Crippen LogP contribution in [0.25, 0.3) is 0 Å². The van der Waals surface area contributed by atoms with Crippen molar-refractivity contribution in [3.8, 4) is 0 Å². The molecule has 0 aromatic heterocycles. The Hall–Kier alpha value is -1.70. The van der Waals surface area contributed by atoms with E-state index in [-0.39, 0.29) is 6.61 Å². The van der Waals surface area contributed by atoms with Gasteiger partial charge in [-0.2, -0.15) is 0 Å². The van der Waals surface area contributed by atoms with Crippen molar-refractivity contribution in [2.24, 2.45) is 0 Å². The topological polar surface area (TPSA) is 119 Å². The molecule has 1 saturated heterocycles. The Morgan fingerprint density at radius 3 is 2.67 bits per heavy atom. The van der Waals surface area contributed by atoms with E-state index >= 15 is 0 Å². The van der Waals surface area contributed by atoms with E-state index in [0.717, 1.165) is 0 Å². The number of epoxide rings is 1. The van der Waals surface area contributed by atoms with Gasteiger partial charge in [0, 0.05) is 0 Å². The summed E-state index contributed by atoms with van der Waals surface area (Å²) >= 11 is 0. The van der Waals surface area contributed by atoms with Gasteiger partial charge in [-0.25, -0.2) is 4.79 Å². The molecule has 0 saturated carbocycles. The molecule has 8 heteroatoms. The van der Waals surface area contributed by atoms with Crippen molar-refractivity contribution in [2.45, 2.75) is 25.2 Å². The molecule has 1 aliphatic rings. The number of aliphatic carboxylic acids is 1. The van der Waals surface area contributed by atoms with E-state index in [1.807, 2.05) is 0 Å². The number of carbonyl (C=O) groups is 2. The highest BCUT2D eigenvalue weighted by Gasteiger charge is 2.77. The summed E-state index contributed by atoms with van der Waals surface area (Å²) in [5.41, 5.74) is -2.31. The van der Waals surface area contributed by atoms with E-state index in [2.05, 4.69) is 9.47 Å². The van der Waals surface area contributed by atoms with Crippen molar-refractivity contribution < 1.29 is 29.1 Å². The summed E-state index contributed by atoms with van der Waals surface area (Å²) < 4.78 is 8.98. The monoisotopic (exact) mass is 219 g/mol. The number of rotatable bonds is 5. The first-order valence-electron chi connectivity index (χ1n) is 4.16. The van der Waals surface area contributed by atoms with Crippen molar-refractivity contribution >= 4 is 11.9 Å². The Morgan fingerprint density at radius 1 is 1.67 bits per heavy atom. The molecule has 0 radical (unpaired) electrons. The number of nitro groups is 1. The van der Waals surface area contributed by atoms with E-state index < -0.39 is 35.1 Å². The molecule has 2 atom stereocenters. The molecule has 0 aliphatic carbocycles.